The van der Waals surface area contributed by atoms with Crippen LogP contribution in [-0.2, 0) is 4.79 Å². The van der Waals surface area contributed by atoms with Crippen LogP contribution < -0.4 is 0 Å². The average molecular weight is 254 g/mol. The van der Waals surface area contributed by atoms with Crippen molar-refractivity contribution in [1.29, 1.82) is 0 Å². The Morgan fingerprint density at radius 1 is 0.944 bits per heavy atom. The zero-order valence-electron chi connectivity index (χ0n) is 12.0. The minimum Gasteiger partial charge on any atom is -0.382 e. The maximum Gasteiger partial charge on any atom is 0.164 e. The third-order valence-corrected chi connectivity index (χ3v) is 4.21. The van der Waals surface area contributed by atoms with Gasteiger partial charge in [-0.25, -0.2) is 0 Å². The second kappa shape index (κ2) is 8.68. The van der Waals surface area contributed by atoms with Gasteiger partial charge in [-0.1, -0.05) is 51.9 Å². The van der Waals surface area contributed by atoms with Gasteiger partial charge in [0.15, 0.2) is 5.78 Å². The van der Waals surface area contributed by atoms with E-state index in [9.17, 15) is 9.90 Å². The molecular weight excluding hydrogens is 224 g/mol. The van der Waals surface area contributed by atoms with Crippen LogP contribution in [0.1, 0.15) is 90.4 Å². The fourth-order valence-electron chi connectivity index (χ4n) is 2.89. The second-order valence-electron chi connectivity index (χ2n) is 5.89. The smallest absolute Gasteiger partial charge is 0.164 e. The lowest BCUT2D eigenvalue weighted by Gasteiger charge is -2.20. The molecule has 1 fully saturated rings. The largest absolute Gasteiger partial charge is 0.382 e. The number of unbranched alkanes of at least 4 members (excludes halogenated alkanes) is 7. The van der Waals surface area contributed by atoms with Gasteiger partial charge in [-0.15, -0.1) is 0 Å². The topological polar surface area (TPSA) is 37.3 Å². The highest BCUT2D eigenvalue weighted by atomic mass is 16.3. The van der Waals surface area contributed by atoms with E-state index in [4.69, 9.17) is 0 Å². The summed E-state index contributed by atoms with van der Waals surface area (Å²) in [6.07, 6.45) is 14.0. The van der Waals surface area contributed by atoms with Crippen molar-refractivity contribution in [2.45, 2.75) is 96.0 Å². The Morgan fingerprint density at radius 2 is 1.44 bits per heavy atom. The highest BCUT2D eigenvalue weighted by Crippen LogP contribution is 2.31. The lowest BCUT2D eigenvalue weighted by molar-refractivity contribution is -0.136. The van der Waals surface area contributed by atoms with Gasteiger partial charge in [-0.2, -0.15) is 0 Å². The fraction of sp³-hybridized carbons (Fsp3) is 0.938. The van der Waals surface area contributed by atoms with E-state index in [1.54, 1.807) is 0 Å². The summed E-state index contributed by atoms with van der Waals surface area (Å²) in [6, 6.07) is 0. The Labute approximate surface area is 112 Å². The summed E-state index contributed by atoms with van der Waals surface area (Å²) in [7, 11) is 0. The van der Waals surface area contributed by atoms with Crippen LogP contribution >= 0.6 is 0 Å². The van der Waals surface area contributed by atoms with Crippen molar-refractivity contribution in [3.8, 4) is 0 Å². The molecule has 1 rings (SSSR count). The molecule has 0 bridgehead atoms. The highest BCUT2D eigenvalue weighted by molar-refractivity contribution is 5.87. The molecule has 0 spiro atoms. The molecule has 1 N–H and O–H groups in total. The number of Topliss-reactive ketones (excluding diaryl/α,β-unsaturated/α-hetero) is 1. The molecule has 0 aromatic heterocycles. The van der Waals surface area contributed by atoms with Crippen molar-refractivity contribution >= 4 is 5.78 Å². The molecule has 0 atom stereocenters. The molecule has 0 aromatic rings. The van der Waals surface area contributed by atoms with Crippen molar-refractivity contribution in [1.82, 2.24) is 0 Å². The molecule has 0 amide bonds. The number of ketones is 1. The van der Waals surface area contributed by atoms with Crippen LogP contribution in [0, 0.1) is 0 Å². The van der Waals surface area contributed by atoms with Gasteiger partial charge < -0.3 is 5.11 Å². The lowest BCUT2D eigenvalue weighted by atomic mass is 9.92. The molecule has 1 saturated carbocycles. The number of carbonyl (C=O) groups excluding carboxylic acids is 1. The van der Waals surface area contributed by atoms with Crippen LogP contribution in [-0.4, -0.2) is 16.5 Å². The van der Waals surface area contributed by atoms with E-state index in [1.165, 1.54) is 38.5 Å². The predicted octanol–water partition coefficient (Wildman–Crippen LogP) is 4.39. The first-order chi connectivity index (χ1) is 8.69. The van der Waals surface area contributed by atoms with Crippen LogP contribution in [0.3, 0.4) is 0 Å². The van der Waals surface area contributed by atoms with Crippen LogP contribution in [0.25, 0.3) is 0 Å². The normalized spacial score (nSPS) is 18.1. The van der Waals surface area contributed by atoms with Gasteiger partial charge in [0, 0.05) is 6.42 Å². The van der Waals surface area contributed by atoms with Crippen molar-refractivity contribution in [3.05, 3.63) is 0 Å². The molecule has 1 aliphatic carbocycles. The van der Waals surface area contributed by atoms with E-state index >= 15 is 0 Å². The molecular formula is C16H30O2. The summed E-state index contributed by atoms with van der Waals surface area (Å²) in [6.45, 7) is 2.24. The van der Waals surface area contributed by atoms with Crippen LogP contribution in [0.15, 0.2) is 0 Å². The molecule has 18 heavy (non-hydrogen) atoms. The summed E-state index contributed by atoms with van der Waals surface area (Å²) in [5, 5.41) is 10.1. The zero-order valence-corrected chi connectivity index (χ0v) is 12.0. The molecule has 0 heterocycles. The Morgan fingerprint density at radius 3 is 2.00 bits per heavy atom. The molecule has 2 nitrogen and oxygen atoms in total. The Balaban J connectivity index is 1.96. The van der Waals surface area contributed by atoms with E-state index < -0.39 is 5.60 Å². The van der Waals surface area contributed by atoms with Gasteiger partial charge >= 0.3 is 0 Å². The molecule has 1 aliphatic rings. The van der Waals surface area contributed by atoms with Crippen molar-refractivity contribution in [2.24, 2.45) is 0 Å². The third-order valence-electron chi connectivity index (χ3n) is 4.21. The summed E-state index contributed by atoms with van der Waals surface area (Å²) in [4.78, 5) is 11.9. The van der Waals surface area contributed by atoms with Crippen molar-refractivity contribution in [3.63, 3.8) is 0 Å². The first-order valence-electron chi connectivity index (χ1n) is 7.95. The zero-order chi connectivity index (χ0) is 13.3. The maximum atomic E-state index is 11.9. The molecule has 0 unspecified atom stereocenters. The van der Waals surface area contributed by atoms with Crippen molar-refractivity contribution < 1.29 is 9.90 Å². The molecule has 2 heteroatoms. The Bertz CT molecular complexity index is 229. The summed E-state index contributed by atoms with van der Waals surface area (Å²) < 4.78 is 0. The standard InChI is InChI=1S/C16H30O2/c1-2-3-4-5-6-7-8-9-12-15(17)16(18)13-10-11-14-16/h18H,2-14H2,1H3. The summed E-state index contributed by atoms with van der Waals surface area (Å²) in [5.74, 6) is 0.103. The third kappa shape index (κ3) is 5.51. The SMILES string of the molecule is CCCCCCCCCCC(=O)C1(O)CCCC1. The van der Waals surface area contributed by atoms with Gasteiger partial charge in [0.05, 0.1) is 0 Å². The molecule has 0 saturated heterocycles. The van der Waals surface area contributed by atoms with E-state index in [-0.39, 0.29) is 5.78 Å². The number of carbonyl (C=O) groups is 1. The Kier molecular flexibility index (Phi) is 7.57. The molecule has 0 aromatic carbocycles. The number of hydrogen-bond acceptors (Lipinski definition) is 2. The molecule has 0 radical (unpaired) electrons. The van der Waals surface area contributed by atoms with E-state index in [0.29, 0.717) is 19.3 Å². The maximum absolute atomic E-state index is 11.9. The minimum atomic E-state index is -0.943. The molecule has 106 valence electrons. The monoisotopic (exact) mass is 254 g/mol. The Hall–Kier alpha value is -0.370. The number of hydrogen-bond donors (Lipinski definition) is 1. The van der Waals surface area contributed by atoms with Crippen molar-refractivity contribution in [2.75, 3.05) is 0 Å². The van der Waals surface area contributed by atoms with Gasteiger partial charge in [0.1, 0.15) is 5.60 Å². The van der Waals surface area contributed by atoms with E-state index in [2.05, 4.69) is 6.92 Å². The summed E-state index contributed by atoms with van der Waals surface area (Å²) in [5.41, 5.74) is -0.943. The fourth-order valence-corrected chi connectivity index (χ4v) is 2.89. The number of aliphatic hydroxyl groups is 1. The van der Waals surface area contributed by atoms with Gasteiger partial charge in [-0.3, -0.25) is 4.79 Å². The van der Waals surface area contributed by atoms with Crippen LogP contribution in [0.2, 0.25) is 0 Å². The van der Waals surface area contributed by atoms with Crippen LogP contribution in [0.4, 0.5) is 0 Å². The van der Waals surface area contributed by atoms with Gasteiger partial charge in [0.25, 0.3) is 0 Å². The number of rotatable bonds is 10. The quantitative estimate of drug-likeness (QED) is 0.587. The molecule has 0 aliphatic heterocycles. The van der Waals surface area contributed by atoms with Gasteiger partial charge in [0.2, 0.25) is 0 Å². The highest BCUT2D eigenvalue weighted by Gasteiger charge is 2.37. The van der Waals surface area contributed by atoms with E-state index in [1.807, 2.05) is 0 Å². The van der Waals surface area contributed by atoms with Gasteiger partial charge in [-0.05, 0) is 32.1 Å². The lowest BCUT2D eigenvalue weighted by Crippen LogP contribution is -2.35. The average Bonchev–Trinajstić information content (AvgIpc) is 2.81. The predicted molar refractivity (Wildman–Crippen MR) is 75.7 cm³/mol. The summed E-state index contributed by atoms with van der Waals surface area (Å²) >= 11 is 0. The minimum absolute atomic E-state index is 0.103. The van der Waals surface area contributed by atoms with Crippen LogP contribution in [0.5, 0.6) is 0 Å². The second-order valence-corrected chi connectivity index (χ2v) is 5.89. The van der Waals surface area contributed by atoms with E-state index in [0.717, 1.165) is 25.7 Å². The first-order valence-corrected chi connectivity index (χ1v) is 7.95. The first kappa shape index (κ1) is 15.7.